The fourth-order valence-corrected chi connectivity index (χ4v) is 2.29. The molecule has 0 atom stereocenters. The third-order valence-corrected chi connectivity index (χ3v) is 3.32. The van der Waals surface area contributed by atoms with E-state index < -0.39 is 0 Å². The molecule has 0 bridgehead atoms. The minimum atomic E-state index is -0.105. The van der Waals surface area contributed by atoms with Gasteiger partial charge in [0.25, 0.3) is 0 Å². The van der Waals surface area contributed by atoms with Crippen LogP contribution in [0.2, 0.25) is 0 Å². The highest BCUT2D eigenvalue weighted by Gasteiger charge is 1.99. The van der Waals surface area contributed by atoms with E-state index in [4.69, 9.17) is 0 Å². The molecule has 0 nitrogen and oxygen atoms in total. The number of halogens is 2. The normalized spacial score (nSPS) is 10.3. The van der Waals surface area contributed by atoms with Crippen molar-refractivity contribution in [3.63, 3.8) is 0 Å². The Morgan fingerprint density at radius 1 is 1.23 bits per heavy atom. The standard InChI is InChI=1S/C10H12BrFS/c11-7-3-4-8-13-10-6-2-1-5-9(10)12/h1-2,5-6H,3-4,7-8H2. The second kappa shape index (κ2) is 6.44. The van der Waals surface area contributed by atoms with Gasteiger partial charge in [-0.25, -0.2) is 4.39 Å². The second-order valence-corrected chi connectivity index (χ2v) is 4.60. The first-order valence-corrected chi connectivity index (χ1v) is 6.38. The van der Waals surface area contributed by atoms with E-state index >= 15 is 0 Å². The molecule has 0 aliphatic rings. The SMILES string of the molecule is Fc1ccccc1SCCCCBr. The molecular weight excluding hydrogens is 251 g/mol. The van der Waals surface area contributed by atoms with Gasteiger partial charge in [0.1, 0.15) is 5.82 Å². The minimum Gasteiger partial charge on any atom is -0.206 e. The van der Waals surface area contributed by atoms with Gasteiger partial charge in [-0.15, -0.1) is 11.8 Å². The first-order chi connectivity index (χ1) is 6.34. The molecule has 0 aliphatic heterocycles. The van der Waals surface area contributed by atoms with Gasteiger partial charge in [0.15, 0.2) is 0 Å². The van der Waals surface area contributed by atoms with E-state index in [0.717, 1.165) is 28.8 Å². The van der Waals surface area contributed by atoms with Crippen LogP contribution in [0.4, 0.5) is 4.39 Å². The van der Waals surface area contributed by atoms with E-state index in [1.807, 2.05) is 12.1 Å². The molecule has 3 heteroatoms. The summed E-state index contributed by atoms with van der Waals surface area (Å²) in [4.78, 5) is 0.761. The number of hydrogen-bond acceptors (Lipinski definition) is 1. The van der Waals surface area contributed by atoms with E-state index in [2.05, 4.69) is 15.9 Å². The minimum absolute atomic E-state index is 0.105. The highest BCUT2D eigenvalue weighted by atomic mass is 79.9. The van der Waals surface area contributed by atoms with Crippen molar-refractivity contribution in [2.75, 3.05) is 11.1 Å². The quantitative estimate of drug-likeness (QED) is 0.438. The highest BCUT2D eigenvalue weighted by Crippen LogP contribution is 2.22. The number of unbranched alkanes of at least 4 members (excludes halogenated alkanes) is 1. The van der Waals surface area contributed by atoms with Gasteiger partial charge in [0.2, 0.25) is 0 Å². The molecule has 0 saturated heterocycles. The van der Waals surface area contributed by atoms with Crippen molar-refractivity contribution >= 4 is 27.7 Å². The highest BCUT2D eigenvalue weighted by molar-refractivity contribution is 9.09. The Morgan fingerprint density at radius 3 is 2.69 bits per heavy atom. The van der Waals surface area contributed by atoms with Gasteiger partial charge in [0, 0.05) is 10.2 Å². The van der Waals surface area contributed by atoms with Gasteiger partial charge in [-0.1, -0.05) is 28.1 Å². The summed E-state index contributed by atoms with van der Waals surface area (Å²) in [6, 6.07) is 6.93. The van der Waals surface area contributed by atoms with Crippen LogP contribution in [0.1, 0.15) is 12.8 Å². The van der Waals surface area contributed by atoms with Crippen LogP contribution in [-0.2, 0) is 0 Å². The van der Waals surface area contributed by atoms with Crippen LogP contribution in [-0.4, -0.2) is 11.1 Å². The zero-order valence-electron chi connectivity index (χ0n) is 7.30. The average molecular weight is 263 g/mol. The summed E-state index contributed by atoms with van der Waals surface area (Å²) in [5.41, 5.74) is 0. The van der Waals surface area contributed by atoms with Gasteiger partial charge in [-0.3, -0.25) is 0 Å². The Kier molecular flexibility index (Phi) is 5.47. The monoisotopic (exact) mass is 262 g/mol. The van der Waals surface area contributed by atoms with Gasteiger partial charge >= 0.3 is 0 Å². The maximum absolute atomic E-state index is 13.1. The predicted molar refractivity (Wildman–Crippen MR) is 60.2 cm³/mol. The largest absolute Gasteiger partial charge is 0.206 e. The molecular formula is C10H12BrFS. The van der Waals surface area contributed by atoms with Crippen LogP contribution in [0.3, 0.4) is 0 Å². The molecule has 13 heavy (non-hydrogen) atoms. The molecule has 0 spiro atoms. The van der Waals surface area contributed by atoms with Crippen LogP contribution in [0.15, 0.2) is 29.2 Å². The molecule has 0 N–H and O–H groups in total. The van der Waals surface area contributed by atoms with Crippen molar-refractivity contribution in [2.24, 2.45) is 0 Å². The topological polar surface area (TPSA) is 0 Å². The van der Waals surface area contributed by atoms with Crippen molar-refractivity contribution < 1.29 is 4.39 Å². The maximum atomic E-state index is 13.1. The lowest BCUT2D eigenvalue weighted by molar-refractivity contribution is 0.602. The lowest BCUT2D eigenvalue weighted by Gasteiger charge is -2.01. The van der Waals surface area contributed by atoms with Crippen LogP contribution >= 0.6 is 27.7 Å². The number of rotatable bonds is 5. The molecule has 1 rings (SSSR count). The summed E-state index contributed by atoms with van der Waals surface area (Å²) in [5.74, 6) is 0.887. The number of thioether (sulfide) groups is 1. The Hall–Kier alpha value is -0.0200. The average Bonchev–Trinajstić information content (AvgIpc) is 2.15. The molecule has 1 aromatic rings. The lowest BCUT2D eigenvalue weighted by atomic mass is 10.3. The summed E-state index contributed by atoms with van der Waals surface area (Å²) in [5, 5.41) is 1.03. The van der Waals surface area contributed by atoms with Crippen molar-refractivity contribution in [1.82, 2.24) is 0 Å². The predicted octanol–water partition coefficient (Wildman–Crippen LogP) is 4.09. The fraction of sp³-hybridized carbons (Fsp3) is 0.400. The Labute approximate surface area is 91.0 Å². The lowest BCUT2D eigenvalue weighted by Crippen LogP contribution is -1.84. The molecule has 0 aliphatic carbocycles. The van der Waals surface area contributed by atoms with E-state index in [1.165, 1.54) is 6.07 Å². The van der Waals surface area contributed by atoms with Crippen LogP contribution in [0, 0.1) is 5.82 Å². The number of hydrogen-bond donors (Lipinski definition) is 0. The summed E-state index contributed by atoms with van der Waals surface area (Å²) in [6.07, 6.45) is 2.28. The third kappa shape index (κ3) is 4.14. The summed E-state index contributed by atoms with van der Waals surface area (Å²) >= 11 is 4.96. The van der Waals surface area contributed by atoms with Crippen molar-refractivity contribution in [1.29, 1.82) is 0 Å². The van der Waals surface area contributed by atoms with Gasteiger partial charge < -0.3 is 0 Å². The van der Waals surface area contributed by atoms with E-state index in [9.17, 15) is 4.39 Å². The molecule has 0 radical (unpaired) electrons. The van der Waals surface area contributed by atoms with E-state index in [-0.39, 0.29) is 5.82 Å². The first-order valence-electron chi connectivity index (χ1n) is 4.28. The summed E-state index contributed by atoms with van der Waals surface area (Å²) in [6.45, 7) is 0. The summed E-state index contributed by atoms with van der Waals surface area (Å²) in [7, 11) is 0. The smallest absolute Gasteiger partial charge is 0.136 e. The molecule has 0 saturated carbocycles. The zero-order valence-corrected chi connectivity index (χ0v) is 9.70. The van der Waals surface area contributed by atoms with Gasteiger partial charge in [0.05, 0.1) is 0 Å². The third-order valence-electron chi connectivity index (χ3n) is 1.62. The fourth-order valence-electron chi connectivity index (χ4n) is 0.940. The van der Waals surface area contributed by atoms with Gasteiger partial charge in [-0.2, -0.15) is 0 Å². The molecule has 0 aromatic heterocycles. The van der Waals surface area contributed by atoms with Crippen LogP contribution in [0.25, 0.3) is 0 Å². The van der Waals surface area contributed by atoms with Crippen LogP contribution in [0.5, 0.6) is 0 Å². The molecule has 0 heterocycles. The zero-order chi connectivity index (χ0) is 9.52. The van der Waals surface area contributed by atoms with E-state index in [0.29, 0.717) is 0 Å². The number of benzene rings is 1. The van der Waals surface area contributed by atoms with Crippen molar-refractivity contribution in [2.45, 2.75) is 17.7 Å². The van der Waals surface area contributed by atoms with Crippen molar-refractivity contribution in [3.8, 4) is 0 Å². The maximum Gasteiger partial charge on any atom is 0.136 e. The van der Waals surface area contributed by atoms with Crippen molar-refractivity contribution in [3.05, 3.63) is 30.1 Å². The summed E-state index contributed by atoms with van der Waals surface area (Å²) < 4.78 is 13.1. The number of alkyl halides is 1. The van der Waals surface area contributed by atoms with E-state index in [1.54, 1.807) is 17.8 Å². The molecule has 72 valence electrons. The molecule has 1 aromatic carbocycles. The Bertz CT molecular complexity index is 252. The van der Waals surface area contributed by atoms with Crippen LogP contribution < -0.4 is 0 Å². The molecule has 0 amide bonds. The second-order valence-electron chi connectivity index (χ2n) is 2.67. The Morgan fingerprint density at radius 2 is 2.00 bits per heavy atom. The van der Waals surface area contributed by atoms with Gasteiger partial charge in [-0.05, 0) is 30.7 Å². The Balaban J connectivity index is 2.32. The first kappa shape index (κ1) is 11.1. The molecule has 0 fully saturated rings. The molecule has 0 unspecified atom stereocenters.